The standard InChI is InChI=1S/C24H26ClN3O4S/c25-22-10-4-9-21-20(22)8-5-11-23(21)33(30,31)28-16-14-27(15-17-28)13-12-26-24(29)32-18-19-6-2-1-3-7-19/h1-11H,12-18H2,(H,26,29). The van der Waals surface area contributed by atoms with Crippen molar-refractivity contribution in [1.29, 1.82) is 0 Å². The summed E-state index contributed by atoms with van der Waals surface area (Å²) in [6.45, 7) is 3.23. The summed E-state index contributed by atoms with van der Waals surface area (Å²) >= 11 is 6.25. The maximum atomic E-state index is 13.3. The Kier molecular flexibility index (Phi) is 7.49. The smallest absolute Gasteiger partial charge is 0.407 e. The van der Waals surface area contributed by atoms with Gasteiger partial charge in [0.25, 0.3) is 0 Å². The van der Waals surface area contributed by atoms with E-state index in [1.165, 1.54) is 4.31 Å². The molecule has 1 fully saturated rings. The van der Waals surface area contributed by atoms with Crippen molar-refractivity contribution in [2.24, 2.45) is 0 Å². The molecule has 1 heterocycles. The first-order valence-electron chi connectivity index (χ1n) is 10.8. The molecule has 1 amide bonds. The van der Waals surface area contributed by atoms with E-state index in [9.17, 15) is 13.2 Å². The van der Waals surface area contributed by atoms with Crippen LogP contribution in [-0.4, -0.2) is 63.0 Å². The number of halogens is 1. The molecule has 0 bridgehead atoms. The summed E-state index contributed by atoms with van der Waals surface area (Å²) in [4.78, 5) is 14.3. The molecule has 7 nitrogen and oxygen atoms in total. The quantitative estimate of drug-likeness (QED) is 0.549. The van der Waals surface area contributed by atoms with Crippen LogP contribution in [0.15, 0.2) is 71.6 Å². The zero-order chi connectivity index (χ0) is 23.3. The molecule has 1 saturated heterocycles. The lowest BCUT2D eigenvalue weighted by Crippen LogP contribution is -2.50. The first-order valence-corrected chi connectivity index (χ1v) is 12.6. The van der Waals surface area contributed by atoms with Gasteiger partial charge >= 0.3 is 6.09 Å². The summed E-state index contributed by atoms with van der Waals surface area (Å²) in [6.07, 6.45) is -0.463. The molecule has 1 N–H and O–H groups in total. The number of nitrogens with one attached hydrogen (secondary N) is 1. The number of alkyl carbamates (subject to hydrolysis) is 1. The van der Waals surface area contributed by atoms with Gasteiger partial charge in [0.05, 0.1) is 4.90 Å². The molecule has 0 atom stereocenters. The topological polar surface area (TPSA) is 79.0 Å². The Morgan fingerprint density at radius 3 is 2.36 bits per heavy atom. The molecular formula is C24H26ClN3O4S. The maximum Gasteiger partial charge on any atom is 0.407 e. The van der Waals surface area contributed by atoms with E-state index < -0.39 is 16.1 Å². The summed E-state index contributed by atoms with van der Waals surface area (Å²) in [5.41, 5.74) is 0.929. The average Bonchev–Trinajstić information content (AvgIpc) is 2.84. The highest BCUT2D eigenvalue weighted by Crippen LogP contribution is 2.30. The molecule has 1 aliphatic rings. The number of hydrogen-bond donors (Lipinski definition) is 1. The van der Waals surface area contributed by atoms with Crippen LogP contribution in [0.2, 0.25) is 5.02 Å². The van der Waals surface area contributed by atoms with Crippen LogP contribution in [0.1, 0.15) is 5.56 Å². The molecule has 0 unspecified atom stereocenters. The van der Waals surface area contributed by atoms with E-state index in [2.05, 4.69) is 10.2 Å². The van der Waals surface area contributed by atoms with Gasteiger partial charge in [-0.25, -0.2) is 13.2 Å². The molecule has 0 aromatic heterocycles. The molecule has 3 aromatic rings. The largest absolute Gasteiger partial charge is 0.445 e. The van der Waals surface area contributed by atoms with Crippen LogP contribution in [-0.2, 0) is 21.4 Å². The normalized spacial score (nSPS) is 15.4. The number of nitrogens with zero attached hydrogens (tertiary/aromatic N) is 2. The molecule has 0 radical (unpaired) electrons. The number of carbonyl (C=O) groups excluding carboxylic acids is 1. The fourth-order valence-electron chi connectivity index (χ4n) is 3.89. The number of rotatable bonds is 7. The fraction of sp³-hybridized carbons (Fsp3) is 0.292. The van der Waals surface area contributed by atoms with Crippen LogP contribution < -0.4 is 5.32 Å². The molecule has 0 aliphatic carbocycles. The predicted molar refractivity (Wildman–Crippen MR) is 129 cm³/mol. The van der Waals surface area contributed by atoms with Crippen LogP contribution in [0, 0.1) is 0 Å². The Balaban J connectivity index is 1.27. The molecule has 174 valence electrons. The van der Waals surface area contributed by atoms with E-state index in [1.807, 2.05) is 36.4 Å². The summed E-state index contributed by atoms with van der Waals surface area (Å²) in [5, 5.41) is 4.63. The minimum Gasteiger partial charge on any atom is -0.445 e. The Hall–Kier alpha value is -2.65. The zero-order valence-electron chi connectivity index (χ0n) is 18.1. The molecule has 4 rings (SSSR count). The van der Waals surface area contributed by atoms with Crippen LogP contribution in [0.25, 0.3) is 10.8 Å². The lowest BCUT2D eigenvalue weighted by Gasteiger charge is -2.34. The van der Waals surface area contributed by atoms with Gasteiger partial charge in [0, 0.05) is 55.1 Å². The second kappa shape index (κ2) is 10.5. The van der Waals surface area contributed by atoms with Crippen molar-refractivity contribution in [1.82, 2.24) is 14.5 Å². The number of benzene rings is 3. The fourth-order valence-corrected chi connectivity index (χ4v) is 5.76. The average molecular weight is 488 g/mol. The number of fused-ring (bicyclic) bond motifs is 1. The molecule has 1 aliphatic heterocycles. The van der Waals surface area contributed by atoms with Crippen molar-refractivity contribution in [3.8, 4) is 0 Å². The molecule has 33 heavy (non-hydrogen) atoms. The molecule has 0 saturated carbocycles. The highest BCUT2D eigenvalue weighted by molar-refractivity contribution is 7.89. The lowest BCUT2D eigenvalue weighted by atomic mass is 10.1. The first kappa shape index (κ1) is 23.5. The minimum atomic E-state index is -3.64. The van der Waals surface area contributed by atoms with Crippen molar-refractivity contribution < 1.29 is 17.9 Å². The van der Waals surface area contributed by atoms with Crippen molar-refractivity contribution in [2.45, 2.75) is 11.5 Å². The minimum absolute atomic E-state index is 0.225. The van der Waals surface area contributed by atoms with Crippen LogP contribution in [0.5, 0.6) is 0 Å². The van der Waals surface area contributed by atoms with Gasteiger partial charge < -0.3 is 10.1 Å². The third kappa shape index (κ3) is 5.65. The van der Waals surface area contributed by atoms with Gasteiger partial charge in [0.1, 0.15) is 6.61 Å². The van der Waals surface area contributed by atoms with Gasteiger partial charge in [-0.15, -0.1) is 0 Å². The summed E-state index contributed by atoms with van der Waals surface area (Å²) in [7, 11) is -3.64. The van der Waals surface area contributed by atoms with E-state index in [1.54, 1.807) is 30.3 Å². The first-order chi connectivity index (χ1) is 15.9. The second-order valence-corrected chi connectivity index (χ2v) is 10.1. The third-order valence-corrected chi connectivity index (χ3v) is 7.97. The summed E-state index contributed by atoms with van der Waals surface area (Å²) < 4.78 is 33.3. The monoisotopic (exact) mass is 487 g/mol. The highest BCUT2D eigenvalue weighted by Gasteiger charge is 2.29. The SMILES string of the molecule is O=C(NCCN1CCN(S(=O)(=O)c2cccc3c(Cl)cccc23)CC1)OCc1ccccc1. The van der Waals surface area contributed by atoms with Gasteiger partial charge in [-0.1, -0.05) is 66.2 Å². The van der Waals surface area contributed by atoms with Crippen LogP contribution >= 0.6 is 11.6 Å². The van der Waals surface area contributed by atoms with Crippen LogP contribution in [0.3, 0.4) is 0 Å². The highest BCUT2D eigenvalue weighted by atomic mass is 35.5. The van der Waals surface area contributed by atoms with E-state index in [0.29, 0.717) is 49.7 Å². The Labute approximate surface area is 198 Å². The van der Waals surface area contributed by atoms with Crippen molar-refractivity contribution in [3.63, 3.8) is 0 Å². The zero-order valence-corrected chi connectivity index (χ0v) is 19.7. The maximum absolute atomic E-state index is 13.3. The number of sulfonamides is 1. The number of piperazine rings is 1. The van der Waals surface area contributed by atoms with Crippen LogP contribution in [0.4, 0.5) is 4.79 Å². The van der Waals surface area contributed by atoms with Crippen molar-refractivity contribution in [3.05, 3.63) is 77.3 Å². The molecule has 3 aromatic carbocycles. The van der Waals surface area contributed by atoms with Crippen molar-refractivity contribution in [2.75, 3.05) is 39.3 Å². The van der Waals surface area contributed by atoms with Gasteiger partial charge in [-0.2, -0.15) is 4.31 Å². The Morgan fingerprint density at radius 2 is 1.61 bits per heavy atom. The number of amides is 1. The van der Waals surface area contributed by atoms with Gasteiger partial charge in [0.15, 0.2) is 0 Å². The van der Waals surface area contributed by atoms with Gasteiger partial charge in [-0.05, 0) is 17.7 Å². The van der Waals surface area contributed by atoms with E-state index in [0.717, 1.165) is 10.9 Å². The third-order valence-electron chi connectivity index (χ3n) is 5.69. The molecular weight excluding hydrogens is 462 g/mol. The van der Waals surface area contributed by atoms with E-state index in [-0.39, 0.29) is 11.5 Å². The molecule has 9 heteroatoms. The van der Waals surface area contributed by atoms with E-state index in [4.69, 9.17) is 16.3 Å². The van der Waals surface area contributed by atoms with Gasteiger partial charge in [-0.3, -0.25) is 4.90 Å². The second-order valence-electron chi connectivity index (χ2n) is 7.83. The molecule has 0 spiro atoms. The Bertz CT molecular complexity index is 1210. The summed E-state index contributed by atoms with van der Waals surface area (Å²) in [5.74, 6) is 0. The number of hydrogen-bond acceptors (Lipinski definition) is 5. The number of carbonyl (C=O) groups is 1. The van der Waals surface area contributed by atoms with Gasteiger partial charge in [0.2, 0.25) is 10.0 Å². The number of ether oxygens (including phenoxy) is 1. The Morgan fingerprint density at radius 1 is 0.909 bits per heavy atom. The van der Waals surface area contributed by atoms with E-state index >= 15 is 0 Å². The predicted octanol–water partition coefficient (Wildman–Crippen LogP) is 3.73. The summed E-state index contributed by atoms with van der Waals surface area (Å²) in [6, 6.07) is 20.0. The van der Waals surface area contributed by atoms with Crippen molar-refractivity contribution >= 4 is 38.5 Å². The lowest BCUT2D eigenvalue weighted by molar-refractivity contribution is 0.136.